The van der Waals surface area contributed by atoms with Gasteiger partial charge in [0.05, 0.1) is 5.52 Å². The van der Waals surface area contributed by atoms with E-state index >= 15 is 0 Å². The predicted octanol–water partition coefficient (Wildman–Crippen LogP) is 4.13. The van der Waals surface area contributed by atoms with E-state index in [0.717, 1.165) is 21.9 Å². The standard InChI is InChI=1S/C17H22BrN3O2/c1-10-12-9-20(19-14(12)6-5-13(10)18)7-11-8-21(16(22)23)15(11)17(2,3)4/h5-6,9,11,15H,7-8H2,1-4H3,(H,22,23). The van der Waals surface area contributed by atoms with E-state index in [-0.39, 0.29) is 11.5 Å². The van der Waals surface area contributed by atoms with Crippen LogP contribution in [0.2, 0.25) is 0 Å². The third-order valence-electron chi connectivity index (χ3n) is 4.71. The lowest BCUT2D eigenvalue weighted by Gasteiger charge is -2.52. The second kappa shape index (κ2) is 5.51. The Hall–Kier alpha value is -1.56. The van der Waals surface area contributed by atoms with Gasteiger partial charge < -0.3 is 10.0 Å². The highest BCUT2D eigenvalue weighted by Gasteiger charge is 2.48. The molecule has 1 aromatic heterocycles. The zero-order valence-electron chi connectivity index (χ0n) is 13.9. The van der Waals surface area contributed by atoms with Gasteiger partial charge in [0.1, 0.15) is 0 Å². The van der Waals surface area contributed by atoms with E-state index in [1.54, 1.807) is 4.90 Å². The van der Waals surface area contributed by atoms with Crippen LogP contribution in [-0.4, -0.2) is 38.5 Å². The van der Waals surface area contributed by atoms with E-state index in [2.05, 4.69) is 54.9 Å². The average molecular weight is 380 g/mol. The number of aromatic nitrogens is 2. The smallest absolute Gasteiger partial charge is 0.407 e. The Bertz CT molecular complexity index is 763. The summed E-state index contributed by atoms with van der Waals surface area (Å²) in [4.78, 5) is 12.9. The zero-order chi connectivity index (χ0) is 16.9. The summed E-state index contributed by atoms with van der Waals surface area (Å²) in [6, 6.07) is 4.05. The fourth-order valence-electron chi connectivity index (χ4n) is 3.70. The highest BCUT2D eigenvalue weighted by molar-refractivity contribution is 9.10. The van der Waals surface area contributed by atoms with Crippen molar-refractivity contribution in [3.05, 3.63) is 28.4 Å². The molecule has 1 saturated heterocycles. The van der Waals surface area contributed by atoms with Crippen LogP contribution in [0.5, 0.6) is 0 Å². The van der Waals surface area contributed by atoms with Crippen LogP contribution in [0.3, 0.4) is 0 Å². The number of aryl methyl sites for hydroxylation is 1. The number of hydrogen-bond acceptors (Lipinski definition) is 2. The lowest BCUT2D eigenvalue weighted by atomic mass is 9.72. The molecule has 1 aromatic carbocycles. The molecular weight excluding hydrogens is 358 g/mol. The molecule has 6 heteroatoms. The van der Waals surface area contributed by atoms with Gasteiger partial charge in [0.25, 0.3) is 0 Å². The minimum absolute atomic E-state index is 0.0279. The number of benzene rings is 1. The van der Waals surface area contributed by atoms with Crippen LogP contribution in [0, 0.1) is 18.3 Å². The summed E-state index contributed by atoms with van der Waals surface area (Å²) in [6.45, 7) is 9.70. The van der Waals surface area contributed by atoms with Crippen molar-refractivity contribution in [1.82, 2.24) is 14.7 Å². The molecule has 0 aliphatic carbocycles. The van der Waals surface area contributed by atoms with Crippen molar-refractivity contribution >= 4 is 32.9 Å². The first kappa shape index (κ1) is 16.3. The van der Waals surface area contributed by atoms with Gasteiger partial charge in [0.2, 0.25) is 0 Å². The SMILES string of the molecule is Cc1c(Br)ccc2nn(CC3CN(C(=O)O)C3C(C)(C)C)cc12. The lowest BCUT2D eigenvalue weighted by molar-refractivity contribution is -0.0424. The number of carboxylic acid groups (broad SMARTS) is 1. The average Bonchev–Trinajstić information content (AvgIpc) is 2.79. The minimum Gasteiger partial charge on any atom is -0.465 e. The molecule has 1 aliphatic heterocycles. The molecule has 0 saturated carbocycles. The summed E-state index contributed by atoms with van der Waals surface area (Å²) in [5.74, 6) is 0.296. The van der Waals surface area contributed by atoms with Crippen LogP contribution >= 0.6 is 15.9 Å². The summed E-state index contributed by atoms with van der Waals surface area (Å²) in [6.07, 6.45) is 1.24. The van der Waals surface area contributed by atoms with Crippen LogP contribution in [0.25, 0.3) is 10.9 Å². The second-order valence-corrected chi connectivity index (χ2v) is 8.32. The number of hydrogen-bond donors (Lipinski definition) is 1. The molecular formula is C17H22BrN3O2. The van der Waals surface area contributed by atoms with E-state index < -0.39 is 6.09 Å². The molecule has 0 bridgehead atoms. The van der Waals surface area contributed by atoms with E-state index in [1.165, 1.54) is 5.56 Å². The van der Waals surface area contributed by atoms with Crippen molar-refractivity contribution in [3.63, 3.8) is 0 Å². The van der Waals surface area contributed by atoms with Crippen molar-refractivity contribution in [1.29, 1.82) is 0 Å². The summed E-state index contributed by atoms with van der Waals surface area (Å²) < 4.78 is 3.05. The molecule has 0 radical (unpaired) electrons. The molecule has 2 atom stereocenters. The van der Waals surface area contributed by atoms with E-state index in [0.29, 0.717) is 12.5 Å². The highest BCUT2D eigenvalue weighted by atomic mass is 79.9. The fraction of sp³-hybridized carbons (Fsp3) is 0.529. The molecule has 1 N–H and O–H groups in total. The topological polar surface area (TPSA) is 58.4 Å². The number of nitrogens with zero attached hydrogens (tertiary/aromatic N) is 3. The molecule has 2 unspecified atom stereocenters. The largest absolute Gasteiger partial charge is 0.465 e. The molecule has 23 heavy (non-hydrogen) atoms. The first-order valence-electron chi connectivity index (χ1n) is 7.80. The molecule has 3 rings (SSSR count). The summed E-state index contributed by atoms with van der Waals surface area (Å²) in [5.41, 5.74) is 2.08. The Morgan fingerprint density at radius 3 is 2.74 bits per heavy atom. The summed E-state index contributed by atoms with van der Waals surface area (Å²) >= 11 is 3.55. The molecule has 1 aliphatic rings. The molecule has 2 heterocycles. The normalized spacial score (nSPS) is 21.5. The van der Waals surface area contributed by atoms with Crippen molar-refractivity contribution in [2.75, 3.05) is 6.54 Å². The summed E-state index contributed by atoms with van der Waals surface area (Å²) in [7, 11) is 0. The van der Waals surface area contributed by atoms with Gasteiger partial charge in [0, 0.05) is 41.1 Å². The molecule has 2 aromatic rings. The van der Waals surface area contributed by atoms with Gasteiger partial charge in [-0.1, -0.05) is 36.7 Å². The van der Waals surface area contributed by atoms with Gasteiger partial charge in [-0.2, -0.15) is 5.10 Å². The first-order valence-corrected chi connectivity index (χ1v) is 8.59. The molecule has 124 valence electrons. The Labute approximate surface area is 144 Å². The Morgan fingerprint density at radius 2 is 2.13 bits per heavy atom. The van der Waals surface area contributed by atoms with E-state index in [1.807, 2.05) is 16.8 Å². The highest BCUT2D eigenvalue weighted by Crippen LogP contribution is 2.39. The maximum Gasteiger partial charge on any atom is 0.407 e. The molecule has 5 nitrogen and oxygen atoms in total. The molecule has 1 amide bonds. The number of carbonyl (C=O) groups is 1. The van der Waals surface area contributed by atoms with Crippen LogP contribution in [0.15, 0.2) is 22.8 Å². The maximum atomic E-state index is 11.4. The van der Waals surface area contributed by atoms with Gasteiger partial charge in [-0.3, -0.25) is 4.68 Å². The number of amides is 1. The number of likely N-dealkylation sites (tertiary alicyclic amines) is 1. The van der Waals surface area contributed by atoms with Crippen LogP contribution in [0.1, 0.15) is 26.3 Å². The van der Waals surface area contributed by atoms with E-state index in [4.69, 9.17) is 0 Å². The van der Waals surface area contributed by atoms with Gasteiger partial charge in [0.15, 0.2) is 0 Å². The van der Waals surface area contributed by atoms with Crippen LogP contribution in [0.4, 0.5) is 4.79 Å². The Balaban J connectivity index is 1.85. The summed E-state index contributed by atoms with van der Waals surface area (Å²) in [5, 5.41) is 15.1. The minimum atomic E-state index is -0.827. The zero-order valence-corrected chi connectivity index (χ0v) is 15.5. The predicted molar refractivity (Wildman–Crippen MR) is 93.6 cm³/mol. The Morgan fingerprint density at radius 1 is 1.43 bits per heavy atom. The van der Waals surface area contributed by atoms with Crippen molar-refractivity contribution in [3.8, 4) is 0 Å². The van der Waals surface area contributed by atoms with Crippen LogP contribution < -0.4 is 0 Å². The number of halogens is 1. The fourth-order valence-corrected chi connectivity index (χ4v) is 4.05. The second-order valence-electron chi connectivity index (χ2n) is 7.46. The third kappa shape index (κ3) is 2.84. The molecule has 0 spiro atoms. The molecule has 1 fully saturated rings. The lowest BCUT2D eigenvalue weighted by Crippen LogP contribution is -2.64. The monoisotopic (exact) mass is 379 g/mol. The quantitative estimate of drug-likeness (QED) is 0.852. The van der Waals surface area contributed by atoms with Crippen molar-refractivity contribution in [2.24, 2.45) is 11.3 Å². The van der Waals surface area contributed by atoms with Crippen molar-refractivity contribution < 1.29 is 9.90 Å². The first-order chi connectivity index (χ1) is 10.7. The van der Waals surface area contributed by atoms with Gasteiger partial charge in [-0.25, -0.2) is 4.79 Å². The van der Waals surface area contributed by atoms with Gasteiger partial charge in [-0.05, 0) is 30.0 Å². The van der Waals surface area contributed by atoms with Gasteiger partial charge >= 0.3 is 6.09 Å². The van der Waals surface area contributed by atoms with E-state index in [9.17, 15) is 9.90 Å². The van der Waals surface area contributed by atoms with Crippen LogP contribution in [-0.2, 0) is 6.54 Å². The van der Waals surface area contributed by atoms with Gasteiger partial charge in [-0.15, -0.1) is 0 Å². The maximum absolute atomic E-state index is 11.4. The third-order valence-corrected chi connectivity index (χ3v) is 5.57. The number of fused-ring (bicyclic) bond motifs is 1. The number of rotatable bonds is 2. The Kier molecular flexibility index (Phi) is 3.91. The van der Waals surface area contributed by atoms with Crippen molar-refractivity contribution in [2.45, 2.75) is 40.3 Å².